The molecular formula is C8H7BO4. The van der Waals surface area contributed by atoms with E-state index in [9.17, 15) is 4.79 Å². The van der Waals surface area contributed by atoms with E-state index in [1.54, 1.807) is 12.1 Å². The molecule has 2 N–H and O–H groups in total. The molecular weight excluding hydrogens is 171 g/mol. The van der Waals surface area contributed by atoms with Crippen molar-refractivity contribution in [2.45, 2.75) is 6.61 Å². The number of benzene rings is 1. The van der Waals surface area contributed by atoms with E-state index >= 15 is 0 Å². The van der Waals surface area contributed by atoms with Crippen LogP contribution in [0.2, 0.25) is 0 Å². The number of hydrogen-bond acceptors (Lipinski definition) is 4. The molecule has 0 fully saturated rings. The molecule has 0 radical (unpaired) electrons. The van der Waals surface area contributed by atoms with Crippen molar-refractivity contribution in [2.75, 3.05) is 0 Å². The maximum atomic E-state index is 11.1. The third kappa shape index (κ3) is 1.32. The molecule has 0 saturated heterocycles. The zero-order chi connectivity index (χ0) is 9.42. The van der Waals surface area contributed by atoms with Gasteiger partial charge in [-0.2, -0.15) is 0 Å². The van der Waals surface area contributed by atoms with Crippen LogP contribution in [0.4, 0.5) is 0 Å². The highest BCUT2D eigenvalue weighted by molar-refractivity contribution is 6.58. The Kier molecular flexibility index (Phi) is 1.83. The Morgan fingerprint density at radius 1 is 1.38 bits per heavy atom. The van der Waals surface area contributed by atoms with Crippen molar-refractivity contribution >= 4 is 18.6 Å². The summed E-state index contributed by atoms with van der Waals surface area (Å²) < 4.78 is 4.76. The van der Waals surface area contributed by atoms with Gasteiger partial charge in [0.1, 0.15) is 6.61 Å². The molecule has 0 spiro atoms. The first-order valence-electron chi connectivity index (χ1n) is 3.84. The molecule has 4 nitrogen and oxygen atoms in total. The molecule has 5 heteroatoms. The van der Waals surface area contributed by atoms with Crippen LogP contribution >= 0.6 is 0 Å². The maximum absolute atomic E-state index is 11.1. The molecule has 2 rings (SSSR count). The fraction of sp³-hybridized carbons (Fsp3) is 0.125. The number of fused-ring (bicyclic) bond motifs is 1. The van der Waals surface area contributed by atoms with Crippen LogP contribution in [-0.2, 0) is 11.3 Å². The van der Waals surface area contributed by atoms with E-state index in [1.165, 1.54) is 6.07 Å². The predicted octanol–water partition coefficient (Wildman–Crippen LogP) is -0.963. The molecule has 66 valence electrons. The van der Waals surface area contributed by atoms with E-state index in [1.807, 2.05) is 0 Å². The van der Waals surface area contributed by atoms with Gasteiger partial charge in [0.15, 0.2) is 0 Å². The second-order valence-electron chi connectivity index (χ2n) is 2.87. The first kappa shape index (κ1) is 8.28. The van der Waals surface area contributed by atoms with Crippen LogP contribution in [0.25, 0.3) is 0 Å². The average Bonchev–Trinajstić information content (AvgIpc) is 2.47. The number of cyclic esters (lactones) is 1. The van der Waals surface area contributed by atoms with Gasteiger partial charge in [0.2, 0.25) is 0 Å². The summed E-state index contributed by atoms with van der Waals surface area (Å²) in [4.78, 5) is 11.1. The normalized spacial score (nSPS) is 13.8. The van der Waals surface area contributed by atoms with Crippen LogP contribution in [0.5, 0.6) is 0 Å². The average molecular weight is 178 g/mol. The predicted molar refractivity (Wildman–Crippen MR) is 45.4 cm³/mol. The van der Waals surface area contributed by atoms with Crippen molar-refractivity contribution in [1.82, 2.24) is 0 Å². The van der Waals surface area contributed by atoms with Crippen molar-refractivity contribution in [3.63, 3.8) is 0 Å². The Balaban J connectivity index is 2.48. The van der Waals surface area contributed by atoms with Crippen LogP contribution in [0.3, 0.4) is 0 Å². The number of rotatable bonds is 1. The van der Waals surface area contributed by atoms with E-state index in [2.05, 4.69) is 0 Å². The second kappa shape index (κ2) is 2.87. The molecule has 13 heavy (non-hydrogen) atoms. The Bertz CT molecular complexity index is 361. The summed E-state index contributed by atoms with van der Waals surface area (Å²) in [5.41, 5.74) is 1.51. The van der Waals surface area contributed by atoms with Crippen molar-refractivity contribution in [2.24, 2.45) is 0 Å². The van der Waals surface area contributed by atoms with Gasteiger partial charge < -0.3 is 14.8 Å². The van der Waals surface area contributed by atoms with Gasteiger partial charge in [-0.25, -0.2) is 4.79 Å². The minimum absolute atomic E-state index is 0.274. The summed E-state index contributed by atoms with van der Waals surface area (Å²) >= 11 is 0. The Labute approximate surface area is 74.9 Å². The lowest BCUT2D eigenvalue weighted by Crippen LogP contribution is -2.30. The SMILES string of the molecule is O=C1OCc2ccc(B(O)O)cc21. The number of carbonyl (C=O) groups is 1. The molecule has 0 atom stereocenters. The van der Waals surface area contributed by atoms with E-state index in [4.69, 9.17) is 14.8 Å². The fourth-order valence-electron chi connectivity index (χ4n) is 1.29. The van der Waals surface area contributed by atoms with E-state index in [0.717, 1.165) is 5.56 Å². The van der Waals surface area contributed by atoms with Gasteiger partial charge in [-0.15, -0.1) is 0 Å². The second-order valence-corrected chi connectivity index (χ2v) is 2.87. The Morgan fingerprint density at radius 3 is 2.85 bits per heavy atom. The smallest absolute Gasteiger partial charge is 0.457 e. The minimum Gasteiger partial charge on any atom is -0.457 e. The highest BCUT2D eigenvalue weighted by Gasteiger charge is 2.23. The molecule has 0 amide bonds. The molecule has 1 aliphatic heterocycles. The summed E-state index contributed by atoms with van der Waals surface area (Å²) in [6, 6.07) is 4.66. The van der Waals surface area contributed by atoms with Gasteiger partial charge in [-0.05, 0) is 11.5 Å². The summed E-state index contributed by atoms with van der Waals surface area (Å²) in [5.74, 6) is -0.405. The van der Waals surface area contributed by atoms with Gasteiger partial charge in [0.25, 0.3) is 0 Å². The highest BCUT2D eigenvalue weighted by Crippen LogP contribution is 2.17. The molecule has 1 aliphatic rings. The number of esters is 1. The molecule has 1 heterocycles. The molecule has 0 aliphatic carbocycles. The number of ether oxygens (including phenoxy) is 1. The quantitative estimate of drug-likeness (QED) is 0.429. The highest BCUT2D eigenvalue weighted by atomic mass is 16.5. The Hall–Kier alpha value is -1.33. The van der Waals surface area contributed by atoms with Gasteiger partial charge in [0.05, 0.1) is 5.56 Å². The summed E-state index contributed by atoms with van der Waals surface area (Å²) in [6.07, 6.45) is 0. The van der Waals surface area contributed by atoms with Gasteiger partial charge >= 0.3 is 13.1 Å². The minimum atomic E-state index is -1.54. The largest absolute Gasteiger partial charge is 0.488 e. The van der Waals surface area contributed by atoms with E-state index < -0.39 is 13.1 Å². The zero-order valence-corrected chi connectivity index (χ0v) is 6.73. The van der Waals surface area contributed by atoms with Crippen molar-refractivity contribution in [3.8, 4) is 0 Å². The topological polar surface area (TPSA) is 66.8 Å². The molecule has 1 aromatic rings. The summed E-state index contributed by atoms with van der Waals surface area (Å²) in [6.45, 7) is 0.274. The van der Waals surface area contributed by atoms with E-state index in [-0.39, 0.29) is 6.61 Å². The van der Waals surface area contributed by atoms with Crippen LogP contribution in [0.1, 0.15) is 15.9 Å². The van der Waals surface area contributed by atoms with Crippen molar-refractivity contribution < 1.29 is 19.6 Å². The standard InChI is InChI=1S/C8H7BO4/c10-8-7-3-6(9(11)12)2-1-5(7)4-13-8/h1-3,11-12H,4H2. The van der Waals surface area contributed by atoms with Gasteiger partial charge in [0, 0.05) is 5.56 Å². The van der Waals surface area contributed by atoms with Crippen LogP contribution in [0, 0.1) is 0 Å². The molecule has 0 aromatic heterocycles. The lowest BCUT2D eigenvalue weighted by molar-refractivity contribution is 0.0535. The monoisotopic (exact) mass is 178 g/mol. The third-order valence-electron chi connectivity index (χ3n) is 2.01. The molecule has 0 saturated carbocycles. The number of carbonyl (C=O) groups excluding carboxylic acids is 1. The summed E-state index contributed by atoms with van der Waals surface area (Å²) in [7, 11) is -1.54. The zero-order valence-electron chi connectivity index (χ0n) is 6.73. The molecule has 0 bridgehead atoms. The Morgan fingerprint density at radius 2 is 2.15 bits per heavy atom. The van der Waals surface area contributed by atoms with Crippen molar-refractivity contribution in [3.05, 3.63) is 29.3 Å². The van der Waals surface area contributed by atoms with E-state index in [0.29, 0.717) is 11.0 Å². The first-order valence-corrected chi connectivity index (χ1v) is 3.84. The maximum Gasteiger partial charge on any atom is 0.488 e. The third-order valence-corrected chi connectivity index (χ3v) is 2.01. The lowest BCUT2D eigenvalue weighted by atomic mass is 9.79. The lowest BCUT2D eigenvalue weighted by Gasteiger charge is -1.99. The fourth-order valence-corrected chi connectivity index (χ4v) is 1.29. The molecule has 1 aromatic carbocycles. The van der Waals surface area contributed by atoms with Gasteiger partial charge in [-0.1, -0.05) is 12.1 Å². The first-order chi connectivity index (χ1) is 6.18. The van der Waals surface area contributed by atoms with Crippen LogP contribution < -0.4 is 5.46 Å². The molecule has 0 unspecified atom stereocenters. The van der Waals surface area contributed by atoms with Crippen LogP contribution in [-0.4, -0.2) is 23.1 Å². The number of hydrogen-bond donors (Lipinski definition) is 2. The van der Waals surface area contributed by atoms with Crippen LogP contribution in [0.15, 0.2) is 18.2 Å². The van der Waals surface area contributed by atoms with Gasteiger partial charge in [-0.3, -0.25) is 0 Å². The summed E-state index contributed by atoms with van der Waals surface area (Å²) in [5, 5.41) is 17.7. The van der Waals surface area contributed by atoms with Crippen molar-refractivity contribution in [1.29, 1.82) is 0 Å².